The minimum atomic E-state index is -3.79. The number of hydrogen-bond acceptors (Lipinski definition) is 8. The molecular formula is C16H14N4O6S. The van der Waals surface area contributed by atoms with Gasteiger partial charge < -0.3 is 9.15 Å². The van der Waals surface area contributed by atoms with Gasteiger partial charge in [-0.25, -0.2) is 13.1 Å². The molecule has 1 aromatic carbocycles. The normalized spacial score (nSPS) is 11.3. The Kier molecular flexibility index (Phi) is 5.43. The van der Waals surface area contributed by atoms with Crippen LogP contribution in [-0.4, -0.2) is 36.7 Å². The summed E-state index contributed by atoms with van der Waals surface area (Å²) in [5, 5.41) is 18.4. The van der Waals surface area contributed by atoms with Crippen LogP contribution < -0.4 is 9.46 Å². The van der Waals surface area contributed by atoms with Gasteiger partial charge in [-0.15, -0.1) is 10.2 Å². The summed E-state index contributed by atoms with van der Waals surface area (Å²) in [6, 6.07) is 11.3. The Labute approximate surface area is 154 Å². The van der Waals surface area contributed by atoms with Crippen LogP contribution >= 0.6 is 0 Å². The molecule has 2 heterocycles. The SMILES string of the molecule is O=[N+]([O-])c1ccc(S(=O)(=O)NCCOc2ccc(-c3ccco3)nn2)cc1. The lowest BCUT2D eigenvalue weighted by Gasteiger charge is -2.08. The predicted octanol–water partition coefficient (Wildman–Crippen LogP) is 2.00. The smallest absolute Gasteiger partial charge is 0.269 e. The lowest BCUT2D eigenvalue weighted by molar-refractivity contribution is -0.384. The second kappa shape index (κ2) is 7.93. The molecule has 10 nitrogen and oxygen atoms in total. The lowest BCUT2D eigenvalue weighted by Crippen LogP contribution is -2.28. The van der Waals surface area contributed by atoms with Crippen molar-refractivity contribution in [2.45, 2.75) is 4.90 Å². The zero-order valence-electron chi connectivity index (χ0n) is 13.8. The molecule has 0 saturated heterocycles. The van der Waals surface area contributed by atoms with Gasteiger partial charge >= 0.3 is 0 Å². The Bertz CT molecular complexity index is 1000. The van der Waals surface area contributed by atoms with Gasteiger partial charge in [0.05, 0.1) is 16.1 Å². The van der Waals surface area contributed by atoms with E-state index in [1.807, 2.05) is 0 Å². The molecule has 0 aliphatic carbocycles. The van der Waals surface area contributed by atoms with E-state index < -0.39 is 14.9 Å². The van der Waals surface area contributed by atoms with E-state index in [4.69, 9.17) is 9.15 Å². The zero-order chi connectivity index (χ0) is 19.3. The third-order valence-corrected chi connectivity index (χ3v) is 4.89. The van der Waals surface area contributed by atoms with Crippen molar-refractivity contribution in [2.24, 2.45) is 0 Å². The topological polar surface area (TPSA) is 137 Å². The van der Waals surface area contributed by atoms with Crippen LogP contribution in [-0.2, 0) is 10.0 Å². The Balaban J connectivity index is 1.51. The van der Waals surface area contributed by atoms with Gasteiger partial charge in [0.25, 0.3) is 5.69 Å². The van der Waals surface area contributed by atoms with E-state index in [0.717, 1.165) is 12.1 Å². The average molecular weight is 390 g/mol. The Hall–Kier alpha value is -3.31. The second-order valence-electron chi connectivity index (χ2n) is 5.23. The highest BCUT2D eigenvalue weighted by molar-refractivity contribution is 7.89. The van der Waals surface area contributed by atoms with Crippen LogP contribution in [0.5, 0.6) is 5.88 Å². The molecule has 0 fully saturated rings. The van der Waals surface area contributed by atoms with Gasteiger partial charge in [-0.05, 0) is 30.3 Å². The standard InChI is InChI=1S/C16H14N4O6S/c21-20(22)12-3-5-13(6-4-12)27(23,24)17-9-11-26-16-8-7-14(18-19-16)15-2-1-10-25-15/h1-8,10,17H,9,11H2. The number of furan rings is 1. The number of nitro benzene ring substituents is 1. The Morgan fingerprint density at radius 1 is 1.11 bits per heavy atom. The molecule has 27 heavy (non-hydrogen) atoms. The molecule has 1 N–H and O–H groups in total. The molecule has 0 spiro atoms. The number of non-ortho nitro benzene ring substituents is 1. The maximum Gasteiger partial charge on any atom is 0.269 e. The fourth-order valence-corrected chi connectivity index (χ4v) is 3.13. The minimum absolute atomic E-state index is 0.0130. The first kappa shape index (κ1) is 18.5. The van der Waals surface area contributed by atoms with Crippen LogP contribution in [0.4, 0.5) is 5.69 Å². The molecule has 2 aromatic heterocycles. The largest absolute Gasteiger partial charge is 0.475 e. The van der Waals surface area contributed by atoms with Crippen LogP contribution in [0.1, 0.15) is 0 Å². The maximum atomic E-state index is 12.1. The molecule has 3 aromatic rings. The van der Waals surface area contributed by atoms with Crippen molar-refractivity contribution < 1.29 is 22.5 Å². The summed E-state index contributed by atoms with van der Waals surface area (Å²) in [5.41, 5.74) is 0.361. The summed E-state index contributed by atoms with van der Waals surface area (Å²) in [4.78, 5) is 9.93. The predicted molar refractivity (Wildman–Crippen MR) is 93.5 cm³/mol. The molecule has 140 valence electrons. The molecule has 0 aliphatic heterocycles. The van der Waals surface area contributed by atoms with E-state index in [0.29, 0.717) is 11.5 Å². The van der Waals surface area contributed by atoms with E-state index >= 15 is 0 Å². The van der Waals surface area contributed by atoms with Crippen LogP contribution in [0.3, 0.4) is 0 Å². The number of nitrogens with one attached hydrogen (secondary N) is 1. The number of aromatic nitrogens is 2. The van der Waals surface area contributed by atoms with E-state index in [1.165, 1.54) is 18.4 Å². The first-order valence-electron chi connectivity index (χ1n) is 7.70. The summed E-state index contributed by atoms with van der Waals surface area (Å²) >= 11 is 0. The van der Waals surface area contributed by atoms with Crippen molar-refractivity contribution in [2.75, 3.05) is 13.2 Å². The van der Waals surface area contributed by atoms with E-state index in [9.17, 15) is 18.5 Å². The highest BCUT2D eigenvalue weighted by atomic mass is 32.2. The van der Waals surface area contributed by atoms with Crippen LogP contribution in [0, 0.1) is 10.1 Å². The van der Waals surface area contributed by atoms with Crippen LogP contribution in [0.25, 0.3) is 11.5 Å². The molecule has 0 amide bonds. The number of sulfonamides is 1. The lowest BCUT2D eigenvalue weighted by atomic mass is 10.3. The summed E-state index contributed by atoms with van der Waals surface area (Å²) < 4.78 is 37.1. The molecule has 0 atom stereocenters. The molecule has 0 unspecified atom stereocenters. The molecule has 11 heteroatoms. The van der Waals surface area contributed by atoms with Crippen molar-refractivity contribution in [3.05, 3.63) is 64.9 Å². The van der Waals surface area contributed by atoms with Crippen molar-refractivity contribution >= 4 is 15.7 Å². The number of nitro groups is 1. The van der Waals surface area contributed by atoms with Crippen LogP contribution in [0.15, 0.2) is 64.1 Å². The first-order chi connectivity index (χ1) is 13.0. The summed E-state index contributed by atoms with van der Waals surface area (Å²) in [5.74, 6) is 0.810. The zero-order valence-corrected chi connectivity index (χ0v) is 14.6. The van der Waals surface area contributed by atoms with Gasteiger partial charge in [-0.3, -0.25) is 10.1 Å². The van der Waals surface area contributed by atoms with Crippen LogP contribution in [0.2, 0.25) is 0 Å². The van der Waals surface area contributed by atoms with Gasteiger partial charge in [0.1, 0.15) is 12.3 Å². The molecule has 0 radical (unpaired) electrons. The van der Waals surface area contributed by atoms with Crippen molar-refractivity contribution in [3.63, 3.8) is 0 Å². The van der Waals surface area contributed by atoms with Gasteiger partial charge in [0.15, 0.2) is 5.76 Å². The molecular weight excluding hydrogens is 376 g/mol. The average Bonchev–Trinajstić information content (AvgIpc) is 3.20. The summed E-state index contributed by atoms with van der Waals surface area (Å²) in [7, 11) is -3.79. The number of hydrogen-bond donors (Lipinski definition) is 1. The monoisotopic (exact) mass is 390 g/mol. The number of nitrogens with zero attached hydrogens (tertiary/aromatic N) is 3. The van der Waals surface area contributed by atoms with Gasteiger partial charge in [-0.1, -0.05) is 0 Å². The van der Waals surface area contributed by atoms with Gasteiger partial charge in [0.2, 0.25) is 15.9 Å². The van der Waals surface area contributed by atoms with Crippen molar-refractivity contribution in [3.8, 4) is 17.3 Å². The number of benzene rings is 1. The van der Waals surface area contributed by atoms with E-state index in [1.54, 1.807) is 24.3 Å². The summed E-state index contributed by atoms with van der Waals surface area (Å²) in [6.07, 6.45) is 1.53. The quantitative estimate of drug-likeness (QED) is 0.350. The molecule has 0 bridgehead atoms. The molecule has 0 saturated carbocycles. The van der Waals surface area contributed by atoms with Crippen molar-refractivity contribution in [1.29, 1.82) is 0 Å². The van der Waals surface area contributed by atoms with Crippen molar-refractivity contribution in [1.82, 2.24) is 14.9 Å². The Morgan fingerprint density at radius 3 is 2.48 bits per heavy atom. The Morgan fingerprint density at radius 2 is 1.89 bits per heavy atom. The number of ether oxygens (including phenoxy) is 1. The van der Waals surface area contributed by atoms with Gasteiger partial charge in [0, 0.05) is 24.7 Å². The number of rotatable bonds is 8. The first-order valence-corrected chi connectivity index (χ1v) is 9.18. The summed E-state index contributed by atoms with van der Waals surface area (Å²) in [6.45, 7) is 0.0158. The minimum Gasteiger partial charge on any atom is -0.475 e. The highest BCUT2D eigenvalue weighted by Crippen LogP contribution is 2.18. The third kappa shape index (κ3) is 4.65. The third-order valence-electron chi connectivity index (χ3n) is 3.42. The molecule has 0 aliphatic rings. The fourth-order valence-electron chi connectivity index (χ4n) is 2.11. The maximum absolute atomic E-state index is 12.1. The fraction of sp³-hybridized carbons (Fsp3) is 0.125. The molecule has 3 rings (SSSR count). The van der Waals surface area contributed by atoms with E-state index in [-0.39, 0.29) is 29.6 Å². The van der Waals surface area contributed by atoms with E-state index in [2.05, 4.69) is 14.9 Å². The highest BCUT2D eigenvalue weighted by Gasteiger charge is 2.15. The second-order valence-corrected chi connectivity index (χ2v) is 7.00. The van der Waals surface area contributed by atoms with Gasteiger partial charge in [-0.2, -0.15) is 0 Å².